The summed E-state index contributed by atoms with van der Waals surface area (Å²) in [6.45, 7) is 5.60. The molecule has 1 aromatic heterocycles. The monoisotopic (exact) mass is 251 g/mol. The van der Waals surface area contributed by atoms with E-state index in [9.17, 15) is 4.79 Å². The highest BCUT2D eigenvalue weighted by Crippen LogP contribution is 2.17. The molecule has 100 valence electrons. The molecule has 0 saturated heterocycles. The van der Waals surface area contributed by atoms with Crippen LogP contribution in [0.25, 0.3) is 0 Å². The van der Waals surface area contributed by atoms with Crippen LogP contribution < -0.4 is 5.32 Å². The van der Waals surface area contributed by atoms with Crippen LogP contribution in [-0.2, 0) is 0 Å². The minimum absolute atomic E-state index is 0.207. The molecule has 0 unspecified atom stereocenters. The number of rotatable bonds is 6. The van der Waals surface area contributed by atoms with Gasteiger partial charge < -0.3 is 15.3 Å². The molecular weight excluding hydrogens is 230 g/mol. The second-order valence-electron chi connectivity index (χ2n) is 4.86. The van der Waals surface area contributed by atoms with Gasteiger partial charge in [-0.15, -0.1) is 0 Å². The van der Waals surface area contributed by atoms with Gasteiger partial charge in [-0.25, -0.2) is 9.78 Å². The van der Waals surface area contributed by atoms with Crippen LogP contribution in [0.3, 0.4) is 0 Å². The minimum atomic E-state index is -0.921. The first-order chi connectivity index (χ1) is 8.40. The first-order valence-corrected chi connectivity index (χ1v) is 6.04. The van der Waals surface area contributed by atoms with E-state index in [1.54, 1.807) is 12.1 Å². The second kappa shape index (κ2) is 6.35. The zero-order valence-electron chi connectivity index (χ0n) is 11.4. The summed E-state index contributed by atoms with van der Waals surface area (Å²) in [6.07, 6.45) is 0. The van der Waals surface area contributed by atoms with E-state index in [0.29, 0.717) is 5.82 Å². The summed E-state index contributed by atoms with van der Waals surface area (Å²) in [5.74, 6) is -0.0888. The molecule has 5 nitrogen and oxygen atoms in total. The van der Waals surface area contributed by atoms with E-state index in [1.165, 1.54) is 0 Å². The fraction of sp³-hybridized carbons (Fsp3) is 0.538. The van der Waals surface area contributed by atoms with Crippen molar-refractivity contribution < 1.29 is 9.90 Å². The molecule has 18 heavy (non-hydrogen) atoms. The minimum Gasteiger partial charge on any atom is -0.478 e. The standard InChI is InChI=1S/C13H21N3O2/c1-9(2)11-7-10(13(17)18)8-12(15-11)14-5-6-16(3)4/h7-9H,5-6H2,1-4H3,(H,14,15)(H,17,18). The van der Waals surface area contributed by atoms with Gasteiger partial charge in [0.05, 0.1) is 5.56 Å². The Morgan fingerprint density at radius 1 is 1.44 bits per heavy atom. The molecule has 0 aromatic carbocycles. The molecule has 0 radical (unpaired) electrons. The Hall–Kier alpha value is -1.62. The van der Waals surface area contributed by atoms with E-state index in [-0.39, 0.29) is 11.5 Å². The van der Waals surface area contributed by atoms with Crippen molar-refractivity contribution in [2.45, 2.75) is 19.8 Å². The second-order valence-corrected chi connectivity index (χ2v) is 4.86. The Morgan fingerprint density at radius 2 is 2.11 bits per heavy atom. The summed E-state index contributed by atoms with van der Waals surface area (Å²) < 4.78 is 0. The molecule has 0 saturated carbocycles. The zero-order chi connectivity index (χ0) is 13.7. The van der Waals surface area contributed by atoms with Crippen molar-refractivity contribution in [3.05, 3.63) is 23.4 Å². The number of pyridine rings is 1. The molecular formula is C13H21N3O2. The lowest BCUT2D eigenvalue weighted by atomic mass is 10.1. The first kappa shape index (κ1) is 14.4. The third kappa shape index (κ3) is 4.33. The van der Waals surface area contributed by atoms with Crippen LogP contribution in [0.2, 0.25) is 0 Å². The van der Waals surface area contributed by atoms with Gasteiger partial charge in [-0.2, -0.15) is 0 Å². The fourth-order valence-corrected chi connectivity index (χ4v) is 1.47. The van der Waals surface area contributed by atoms with Gasteiger partial charge in [0, 0.05) is 18.8 Å². The van der Waals surface area contributed by atoms with Crippen LogP contribution in [0.5, 0.6) is 0 Å². The smallest absolute Gasteiger partial charge is 0.335 e. The molecule has 5 heteroatoms. The molecule has 1 aromatic rings. The van der Waals surface area contributed by atoms with Gasteiger partial charge in [0.15, 0.2) is 0 Å². The quantitative estimate of drug-likeness (QED) is 0.808. The maximum atomic E-state index is 11.0. The van der Waals surface area contributed by atoms with Crippen molar-refractivity contribution in [2.24, 2.45) is 0 Å². The van der Waals surface area contributed by atoms with E-state index >= 15 is 0 Å². The van der Waals surface area contributed by atoms with E-state index in [0.717, 1.165) is 18.8 Å². The van der Waals surface area contributed by atoms with Gasteiger partial charge in [-0.1, -0.05) is 13.8 Å². The molecule has 0 aliphatic rings. The van der Waals surface area contributed by atoms with Crippen LogP contribution in [0.15, 0.2) is 12.1 Å². The third-order valence-electron chi connectivity index (χ3n) is 2.55. The van der Waals surface area contributed by atoms with Crippen molar-refractivity contribution >= 4 is 11.8 Å². The predicted octanol–water partition coefficient (Wildman–Crippen LogP) is 1.88. The van der Waals surface area contributed by atoms with Gasteiger partial charge in [0.25, 0.3) is 0 Å². The van der Waals surface area contributed by atoms with Gasteiger partial charge >= 0.3 is 5.97 Å². The van der Waals surface area contributed by atoms with E-state index in [4.69, 9.17) is 5.11 Å². The Bertz CT molecular complexity index is 417. The van der Waals surface area contributed by atoms with Crippen molar-refractivity contribution in [2.75, 3.05) is 32.5 Å². The number of carboxylic acid groups (broad SMARTS) is 1. The molecule has 0 aliphatic heterocycles. The highest BCUT2D eigenvalue weighted by Gasteiger charge is 2.10. The lowest BCUT2D eigenvalue weighted by Gasteiger charge is -2.13. The number of nitrogens with one attached hydrogen (secondary N) is 1. The van der Waals surface area contributed by atoms with Crippen molar-refractivity contribution in [1.82, 2.24) is 9.88 Å². The maximum absolute atomic E-state index is 11.0. The number of carbonyl (C=O) groups is 1. The Morgan fingerprint density at radius 3 is 2.61 bits per heavy atom. The molecule has 0 fully saturated rings. The highest BCUT2D eigenvalue weighted by atomic mass is 16.4. The number of hydrogen-bond acceptors (Lipinski definition) is 4. The molecule has 1 rings (SSSR count). The van der Waals surface area contributed by atoms with Crippen LogP contribution in [0.1, 0.15) is 35.8 Å². The molecule has 0 spiro atoms. The first-order valence-electron chi connectivity index (χ1n) is 6.04. The van der Waals surface area contributed by atoms with Crippen molar-refractivity contribution in [3.63, 3.8) is 0 Å². The maximum Gasteiger partial charge on any atom is 0.335 e. The SMILES string of the molecule is CC(C)c1cc(C(=O)O)cc(NCCN(C)C)n1. The van der Waals surface area contributed by atoms with E-state index < -0.39 is 5.97 Å². The highest BCUT2D eigenvalue weighted by molar-refractivity contribution is 5.88. The normalized spacial score (nSPS) is 11.0. The van der Waals surface area contributed by atoms with Gasteiger partial charge in [-0.3, -0.25) is 0 Å². The molecule has 2 N–H and O–H groups in total. The number of hydrogen-bond donors (Lipinski definition) is 2. The summed E-state index contributed by atoms with van der Waals surface area (Å²) in [7, 11) is 3.98. The topological polar surface area (TPSA) is 65.5 Å². The Balaban J connectivity index is 2.86. The largest absolute Gasteiger partial charge is 0.478 e. The molecule has 0 bridgehead atoms. The Labute approximate surface area is 108 Å². The van der Waals surface area contributed by atoms with Crippen molar-refractivity contribution in [3.8, 4) is 0 Å². The zero-order valence-corrected chi connectivity index (χ0v) is 11.4. The van der Waals surface area contributed by atoms with Gasteiger partial charge in [0.1, 0.15) is 5.82 Å². The lowest BCUT2D eigenvalue weighted by Crippen LogP contribution is -2.21. The summed E-state index contributed by atoms with van der Waals surface area (Å²) >= 11 is 0. The number of likely N-dealkylation sites (N-methyl/N-ethyl adjacent to an activating group) is 1. The van der Waals surface area contributed by atoms with Crippen LogP contribution in [0, 0.1) is 0 Å². The number of carboxylic acids is 1. The summed E-state index contributed by atoms with van der Waals surface area (Å²) in [5.41, 5.74) is 1.07. The molecule has 1 heterocycles. The number of anilines is 1. The lowest BCUT2D eigenvalue weighted by molar-refractivity contribution is 0.0696. The van der Waals surface area contributed by atoms with Crippen LogP contribution in [-0.4, -0.2) is 48.1 Å². The van der Waals surface area contributed by atoms with E-state index in [1.807, 2.05) is 27.9 Å². The van der Waals surface area contributed by atoms with Gasteiger partial charge in [-0.05, 0) is 32.1 Å². The summed E-state index contributed by atoms with van der Waals surface area (Å²) in [4.78, 5) is 17.5. The number of aromatic carboxylic acids is 1. The Kier molecular flexibility index (Phi) is 5.09. The van der Waals surface area contributed by atoms with Gasteiger partial charge in [0.2, 0.25) is 0 Å². The van der Waals surface area contributed by atoms with Crippen molar-refractivity contribution in [1.29, 1.82) is 0 Å². The summed E-state index contributed by atoms with van der Waals surface area (Å²) in [5, 5.41) is 12.2. The molecule has 0 atom stereocenters. The molecule has 0 amide bonds. The van der Waals surface area contributed by atoms with E-state index in [2.05, 4.69) is 15.2 Å². The fourth-order valence-electron chi connectivity index (χ4n) is 1.47. The van der Waals surface area contributed by atoms with Crippen LogP contribution in [0.4, 0.5) is 5.82 Å². The predicted molar refractivity (Wildman–Crippen MR) is 72.3 cm³/mol. The number of nitrogens with zero attached hydrogens (tertiary/aromatic N) is 2. The average Bonchev–Trinajstić information content (AvgIpc) is 2.28. The molecule has 0 aliphatic carbocycles. The number of aromatic nitrogens is 1. The average molecular weight is 251 g/mol. The summed E-state index contributed by atoms with van der Waals surface area (Å²) in [6, 6.07) is 3.20. The van der Waals surface area contributed by atoms with Crippen LogP contribution >= 0.6 is 0 Å². The third-order valence-corrected chi connectivity index (χ3v) is 2.55.